The first-order valence-electron chi connectivity index (χ1n) is 6.46. The van der Waals surface area contributed by atoms with Gasteiger partial charge < -0.3 is 25.5 Å². The minimum absolute atomic E-state index is 0. The zero-order valence-corrected chi connectivity index (χ0v) is 18.2. The van der Waals surface area contributed by atoms with E-state index in [1.54, 1.807) is 18.2 Å². The van der Waals surface area contributed by atoms with E-state index in [4.69, 9.17) is 4.74 Å². The van der Waals surface area contributed by atoms with Crippen molar-refractivity contribution in [3.8, 4) is 17.2 Å². The maximum atomic E-state index is 10.8. The van der Waals surface area contributed by atoms with Crippen LogP contribution in [-0.4, -0.2) is 17.1 Å². The standard InChI is InChI=1S/C15H12I3NO4.CH4/c16-9-3-7(4-12(19)15(21)22)1-2-13(9)23-8-5-10(17)14(20)11(18)6-8;/h1-3,5-6,12,20H,4,19H2,(H,21,22);1H4. The van der Waals surface area contributed by atoms with Crippen molar-refractivity contribution in [3.05, 3.63) is 46.6 Å². The topological polar surface area (TPSA) is 97.2 Å². The number of ether oxygens (including phenoxy) is 1. The number of hydrogen-bond donors (Lipinski definition) is 2. The van der Waals surface area contributed by atoms with Gasteiger partial charge in [0.25, 0.3) is 0 Å². The van der Waals surface area contributed by atoms with Gasteiger partial charge in [0.15, 0.2) is 0 Å². The van der Waals surface area contributed by atoms with Crippen molar-refractivity contribution in [2.45, 2.75) is 19.9 Å². The van der Waals surface area contributed by atoms with Crippen molar-refractivity contribution in [1.29, 1.82) is 0 Å². The van der Waals surface area contributed by atoms with Gasteiger partial charge in [-0.1, -0.05) is 13.5 Å². The Hall–Kier alpha value is -0.340. The van der Waals surface area contributed by atoms with Crippen LogP contribution in [0.5, 0.6) is 17.2 Å². The van der Waals surface area contributed by atoms with Crippen molar-refractivity contribution >= 4 is 73.7 Å². The number of carboxylic acid groups (broad SMARTS) is 1. The Bertz CT molecular complexity index is 729. The lowest BCUT2D eigenvalue weighted by Crippen LogP contribution is -2.69. The number of rotatable bonds is 5. The predicted octanol–water partition coefficient (Wildman–Crippen LogP) is 2.54. The van der Waals surface area contributed by atoms with E-state index >= 15 is 0 Å². The fraction of sp³-hybridized carbons (Fsp3) is 0.188. The molecule has 0 aromatic heterocycles. The van der Waals surface area contributed by atoms with Crippen LogP contribution >= 0.6 is 67.8 Å². The first kappa shape index (κ1) is 21.7. The lowest BCUT2D eigenvalue weighted by atomic mass is 10.1. The Morgan fingerprint density at radius 2 is 1.75 bits per heavy atom. The van der Waals surface area contributed by atoms with E-state index in [2.05, 4.69) is 28.3 Å². The van der Waals surface area contributed by atoms with Crippen molar-refractivity contribution in [2.75, 3.05) is 0 Å². The number of phenols is 1. The molecule has 4 N–H and O–H groups in total. The number of halogens is 3. The summed E-state index contributed by atoms with van der Waals surface area (Å²) in [6, 6.07) is 8.21. The highest BCUT2D eigenvalue weighted by molar-refractivity contribution is 14.1. The molecule has 0 heterocycles. The van der Waals surface area contributed by atoms with Crippen LogP contribution in [0.25, 0.3) is 0 Å². The molecule has 8 heteroatoms. The molecule has 0 saturated carbocycles. The molecule has 2 aromatic rings. The molecule has 24 heavy (non-hydrogen) atoms. The van der Waals surface area contributed by atoms with E-state index in [1.165, 1.54) is 0 Å². The highest BCUT2D eigenvalue weighted by atomic mass is 127. The van der Waals surface area contributed by atoms with Gasteiger partial charge in [0.2, 0.25) is 0 Å². The van der Waals surface area contributed by atoms with Gasteiger partial charge in [-0.2, -0.15) is 0 Å². The third kappa shape index (κ3) is 5.59. The summed E-state index contributed by atoms with van der Waals surface area (Å²) in [6.07, 6.45) is 0.313. The molecule has 0 spiro atoms. The van der Waals surface area contributed by atoms with Crippen molar-refractivity contribution < 1.29 is 25.5 Å². The highest BCUT2D eigenvalue weighted by Gasteiger charge is 2.12. The molecule has 0 amide bonds. The Labute approximate surface area is 181 Å². The SMILES string of the molecule is C.[NH3+]C(Cc1ccc(Oc2cc(I)c(O)c(I)c2)c(I)c1)C(=O)[O-]. The molecule has 1 atom stereocenters. The van der Waals surface area contributed by atoms with Gasteiger partial charge in [-0.25, -0.2) is 0 Å². The number of carbonyl (C=O) groups excluding carboxylic acids is 1. The molecule has 1 unspecified atom stereocenters. The molecule has 0 radical (unpaired) electrons. The van der Waals surface area contributed by atoms with Gasteiger partial charge in [-0.15, -0.1) is 0 Å². The monoisotopic (exact) mass is 667 g/mol. The second kappa shape index (κ2) is 9.38. The quantitative estimate of drug-likeness (QED) is 0.480. The van der Waals surface area contributed by atoms with E-state index in [0.29, 0.717) is 25.1 Å². The molecule has 2 rings (SSSR count). The number of hydrogen-bond acceptors (Lipinski definition) is 4. The zero-order valence-electron chi connectivity index (χ0n) is 11.7. The van der Waals surface area contributed by atoms with Crippen LogP contribution in [0.15, 0.2) is 30.3 Å². The maximum Gasteiger partial charge on any atom is 0.142 e. The van der Waals surface area contributed by atoms with Crippen LogP contribution in [0, 0.1) is 10.7 Å². The summed E-state index contributed by atoms with van der Waals surface area (Å²) in [5, 5.41) is 20.6. The first-order chi connectivity index (χ1) is 10.8. The summed E-state index contributed by atoms with van der Waals surface area (Å²) < 4.78 is 8.15. The summed E-state index contributed by atoms with van der Waals surface area (Å²) in [4.78, 5) is 10.8. The summed E-state index contributed by atoms with van der Waals surface area (Å²) in [6.45, 7) is 0. The van der Waals surface area contributed by atoms with Crippen molar-refractivity contribution in [3.63, 3.8) is 0 Å². The first-order valence-corrected chi connectivity index (χ1v) is 9.69. The summed E-state index contributed by atoms with van der Waals surface area (Å²) in [5.74, 6) is 0.383. The molecule has 0 saturated heterocycles. The van der Waals surface area contributed by atoms with Gasteiger partial charge in [-0.3, -0.25) is 0 Å². The number of benzene rings is 2. The fourth-order valence-corrected chi connectivity index (χ4v) is 4.25. The third-order valence-electron chi connectivity index (χ3n) is 3.03. The van der Waals surface area contributed by atoms with E-state index in [-0.39, 0.29) is 13.2 Å². The van der Waals surface area contributed by atoms with Crippen LogP contribution in [0.2, 0.25) is 0 Å². The van der Waals surface area contributed by atoms with Gasteiger partial charge >= 0.3 is 0 Å². The van der Waals surface area contributed by atoms with E-state index in [1.807, 2.05) is 57.3 Å². The van der Waals surface area contributed by atoms with Crippen LogP contribution in [0.4, 0.5) is 0 Å². The van der Waals surface area contributed by atoms with Crippen LogP contribution < -0.4 is 15.6 Å². The van der Waals surface area contributed by atoms with Crippen molar-refractivity contribution in [1.82, 2.24) is 0 Å². The zero-order chi connectivity index (χ0) is 17.1. The minimum atomic E-state index is -1.16. The third-order valence-corrected chi connectivity index (χ3v) is 5.52. The predicted molar refractivity (Wildman–Crippen MR) is 115 cm³/mol. The summed E-state index contributed by atoms with van der Waals surface area (Å²) in [7, 11) is 0. The number of quaternary nitrogens is 1. The number of aromatic hydroxyl groups is 1. The molecule has 130 valence electrons. The lowest BCUT2D eigenvalue weighted by molar-refractivity contribution is -0.437. The molecule has 0 aliphatic heterocycles. The number of phenolic OH excluding ortho intramolecular Hbond substituents is 1. The molecule has 2 aromatic carbocycles. The molecule has 5 nitrogen and oxygen atoms in total. The Morgan fingerprint density at radius 3 is 2.25 bits per heavy atom. The van der Waals surface area contributed by atoms with Crippen LogP contribution in [0.1, 0.15) is 13.0 Å². The lowest BCUT2D eigenvalue weighted by Gasteiger charge is -2.13. The highest BCUT2D eigenvalue weighted by Crippen LogP contribution is 2.34. The Morgan fingerprint density at radius 1 is 1.17 bits per heavy atom. The smallest absolute Gasteiger partial charge is 0.142 e. The Kier molecular flexibility index (Phi) is 8.48. The molecule has 0 fully saturated rings. The molecule has 0 aliphatic carbocycles. The van der Waals surface area contributed by atoms with E-state index in [9.17, 15) is 15.0 Å². The molecule has 0 aliphatic rings. The molecule has 0 bridgehead atoms. The summed E-state index contributed by atoms with van der Waals surface area (Å²) >= 11 is 6.23. The maximum absolute atomic E-state index is 10.8. The average Bonchev–Trinajstić information content (AvgIpc) is 2.47. The minimum Gasteiger partial charge on any atom is -0.544 e. The van der Waals surface area contributed by atoms with E-state index < -0.39 is 12.0 Å². The largest absolute Gasteiger partial charge is 0.544 e. The Balaban J connectivity index is 0.00000288. The molecular weight excluding hydrogens is 651 g/mol. The number of carbonyl (C=O) groups is 1. The van der Waals surface area contributed by atoms with Crippen molar-refractivity contribution in [2.24, 2.45) is 0 Å². The average molecular weight is 667 g/mol. The van der Waals surface area contributed by atoms with Crippen LogP contribution in [-0.2, 0) is 11.2 Å². The van der Waals surface area contributed by atoms with Gasteiger partial charge in [0.1, 0.15) is 23.3 Å². The number of carboxylic acids is 1. The van der Waals surface area contributed by atoms with Gasteiger partial charge in [0, 0.05) is 6.42 Å². The summed E-state index contributed by atoms with van der Waals surface area (Å²) in [5.41, 5.74) is 4.42. The van der Waals surface area contributed by atoms with Gasteiger partial charge in [-0.05, 0) is 97.6 Å². The second-order valence-corrected chi connectivity index (χ2v) is 8.31. The number of aliphatic carboxylic acids is 1. The van der Waals surface area contributed by atoms with E-state index in [0.717, 1.165) is 9.13 Å². The normalized spacial score (nSPS) is 11.5. The van der Waals surface area contributed by atoms with Crippen LogP contribution in [0.3, 0.4) is 0 Å². The fourth-order valence-electron chi connectivity index (χ4n) is 1.85. The van der Waals surface area contributed by atoms with Gasteiger partial charge in [0.05, 0.1) is 16.7 Å². The second-order valence-electron chi connectivity index (χ2n) is 4.82. The molecular formula is C16H16I3NO4.